The summed E-state index contributed by atoms with van der Waals surface area (Å²) in [6.07, 6.45) is 5.45. The minimum absolute atomic E-state index is 0.271. The fourth-order valence-corrected chi connectivity index (χ4v) is 1.20. The summed E-state index contributed by atoms with van der Waals surface area (Å²) in [7, 11) is -1.87. The number of pyridine rings is 1. The molecule has 0 saturated carbocycles. The van der Waals surface area contributed by atoms with Crippen molar-refractivity contribution in [1.82, 2.24) is 15.0 Å². The molecule has 2 aromatic heterocycles. The first-order valence-electron chi connectivity index (χ1n) is 4.46. The molecule has 0 fully saturated rings. The summed E-state index contributed by atoms with van der Waals surface area (Å²) in [6.45, 7) is 0. The van der Waals surface area contributed by atoms with Gasteiger partial charge in [0.2, 0.25) is 0 Å². The average Bonchev–Trinajstić information content (AvgIpc) is 2.29. The van der Waals surface area contributed by atoms with E-state index in [-0.39, 0.29) is 11.2 Å². The van der Waals surface area contributed by atoms with Crippen LogP contribution in [0, 0.1) is 5.82 Å². The third-order valence-electron chi connectivity index (χ3n) is 1.99. The van der Waals surface area contributed by atoms with Gasteiger partial charge in [-0.25, -0.2) is 4.39 Å². The molecule has 0 aliphatic carbocycles. The van der Waals surface area contributed by atoms with Gasteiger partial charge in [0.1, 0.15) is 11.5 Å². The Morgan fingerprint density at radius 2 is 1.88 bits per heavy atom. The zero-order valence-electron chi connectivity index (χ0n) is 8.08. The first-order chi connectivity index (χ1) is 7.68. The molecule has 7 heteroatoms. The zero-order chi connectivity index (χ0) is 11.5. The van der Waals surface area contributed by atoms with Gasteiger partial charge in [-0.1, -0.05) is 0 Å². The van der Waals surface area contributed by atoms with Crippen molar-refractivity contribution < 1.29 is 14.4 Å². The molecular formula is C9H7BFN3O2. The number of halogens is 1. The van der Waals surface area contributed by atoms with E-state index < -0.39 is 12.9 Å². The monoisotopic (exact) mass is 219 g/mol. The van der Waals surface area contributed by atoms with Gasteiger partial charge in [-0.15, -0.1) is 0 Å². The highest BCUT2D eigenvalue weighted by atomic mass is 19.1. The van der Waals surface area contributed by atoms with Crippen LogP contribution in [0.2, 0.25) is 0 Å². The Kier molecular flexibility index (Phi) is 2.89. The Morgan fingerprint density at radius 1 is 1.06 bits per heavy atom. The lowest BCUT2D eigenvalue weighted by Gasteiger charge is -2.03. The van der Waals surface area contributed by atoms with Crippen LogP contribution in [0.3, 0.4) is 0 Å². The SMILES string of the molecule is OB(O)c1cnc(-c2cnccn2)cc1F. The molecule has 16 heavy (non-hydrogen) atoms. The normalized spacial score (nSPS) is 10.2. The standard InChI is InChI=1S/C9H7BFN3O2/c11-7-3-8(9-5-12-1-2-13-9)14-4-6(7)10(15)16/h1-5,15-16H. The second-order valence-electron chi connectivity index (χ2n) is 3.06. The molecule has 0 spiro atoms. The van der Waals surface area contributed by atoms with Crippen molar-refractivity contribution >= 4 is 12.6 Å². The molecule has 0 aliphatic heterocycles. The minimum atomic E-state index is -1.87. The summed E-state index contributed by atoms with van der Waals surface area (Å²) >= 11 is 0. The number of nitrogens with zero attached hydrogens (tertiary/aromatic N) is 3. The van der Waals surface area contributed by atoms with E-state index in [1.54, 1.807) is 0 Å². The Labute approximate surface area is 90.8 Å². The fourth-order valence-electron chi connectivity index (χ4n) is 1.20. The summed E-state index contributed by atoms with van der Waals surface area (Å²) in [5.41, 5.74) is 0.433. The first kappa shape index (κ1) is 10.7. The molecule has 0 radical (unpaired) electrons. The van der Waals surface area contributed by atoms with Crippen LogP contribution in [0.5, 0.6) is 0 Å². The van der Waals surface area contributed by atoms with Gasteiger partial charge in [0.15, 0.2) is 0 Å². The van der Waals surface area contributed by atoms with E-state index in [1.165, 1.54) is 18.6 Å². The molecule has 5 nitrogen and oxygen atoms in total. The van der Waals surface area contributed by atoms with Gasteiger partial charge in [0.25, 0.3) is 0 Å². The van der Waals surface area contributed by atoms with Crippen LogP contribution in [0.4, 0.5) is 4.39 Å². The molecular weight excluding hydrogens is 212 g/mol. The maximum atomic E-state index is 13.4. The largest absolute Gasteiger partial charge is 0.493 e. The molecule has 0 bridgehead atoms. The highest BCUT2D eigenvalue weighted by Gasteiger charge is 2.17. The first-order valence-corrected chi connectivity index (χ1v) is 4.46. The second kappa shape index (κ2) is 4.34. The van der Waals surface area contributed by atoms with Crippen molar-refractivity contribution in [3.05, 3.63) is 36.7 Å². The lowest BCUT2D eigenvalue weighted by atomic mass is 9.81. The predicted octanol–water partition coefficient (Wildman–Crippen LogP) is -0.643. The van der Waals surface area contributed by atoms with E-state index in [0.717, 1.165) is 12.3 Å². The summed E-state index contributed by atoms with van der Waals surface area (Å²) in [4.78, 5) is 11.6. The Balaban J connectivity index is 2.43. The lowest BCUT2D eigenvalue weighted by molar-refractivity contribution is 0.423. The molecule has 2 rings (SSSR count). The van der Waals surface area contributed by atoms with E-state index in [2.05, 4.69) is 15.0 Å². The van der Waals surface area contributed by atoms with Crippen molar-refractivity contribution in [2.75, 3.05) is 0 Å². The van der Waals surface area contributed by atoms with Gasteiger partial charge in [-0.3, -0.25) is 15.0 Å². The van der Waals surface area contributed by atoms with Crippen LogP contribution in [0.25, 0.3) is 11.4 Å². The van der Waals surface area contributed by atoms with Crippen LogP contribution >= 0.6 is 0 Å². The van der Waals surface area contributed by atoms with E-state index in [1.807, 2.05) is 0 Å². The molecule has 0 atom stereocenters. The summed E-state index contributed by atoms with van der Waals surface area (Å²) in [5.74, 6) is -0.745. The van der Waals surface area contributed by atoms with Crippen LogP contribution in [0.15, 0.2) is 30.9 Å². The van der Waals surface area contributed by atoms with E-state index in [0.29, 0.717) is 5.69 Å². The number of aromatic nitrogens is 3. The molecule has 0 aliphatic rings. The van der Waals surface area contributed by atoms with Crippen molar-refractivity contribution in [1.29, 1.82) is 0 Å². The molecule has 0 saturated heterocycles. The van der Waals surface area contributed by atoms with Crippen LogP contribution < -0.4 is 5.46 Å². The third kappa shape index (κ3) is 2.05. The van der Waals surface area contributed by atoms with Crippen molar-refractivity contribution in [2.45, 2.75) is 0 Å². The van der Waals surface area contributed by atoms with E-state index in [9.17, 15) is 4.39 Å². The lowest BCUT2D eigenvalue weighted by Crippen LogP contribution is -2.33. The second-order valence-corrected chi connectivity index (χ2v) is 3.06. The number of rotatable bonds is 2. The van der Waals surface area contributed by atoms with Gasteiger partial charge >= 0.3 is 7.12 Å². The molecule has 2 aromatic rings. The maximum Gasteiger partial charge on any atom is 0.493 e. The van der Waals surface area contributed by atoms with Crippen molar-refractivity contribution in [3.63, 3.8) is 0 Å². The summed E-state index contributed by atoms with van der Waals surface area (Å²) in [6, 6.07) is 1.08. The van der Waals surface area contributed by atoms with Crippen molar-refractivity contribution in [2.24, 2.45) is 0 Å². The average molecular weight is 219 g/mol. The summed E-state index contributed by atoms with van der Waals surface area (Å²) < 4.78 is 13.4. The quantitative estimate of drug-likeness (QED) is 0.656. The van der Waals surface area contributed by atoms with Crippen molar-refractivity contribution in [3.8, 4) is 11.4 Å². The zero-order valence-corrected chi connectivity index (χ0v) is 8.08. The Morgan fingerprint density at radius 3 is 2.44 bits per heavy atom. The molecule has 0 unspecified atom stereocenters. The highest BCUT2D eigenvalue weighted by Crippen LogP contribution is 2.11. The molecule has 80 valence electrons. The topological polar surface area (TPSA) is 79.1 Å². The minimum Gasteiger partial charge on any atom is -0.423 e. The number of hydrogen-bond donors (Lipinski definition) is 2. The predicted molar refractivity (Wildman–Crippen MR) is 55.0 cm³/mol. The van der Waals surface area contributed by atoms with Crippen LogP contribution in [0.1, 0.15) is 0 Å². The van der Waals surface area contributed by atoms with Gasteiger partial charge in [-0.05, 0) is 0 Å². The Bertz CT molecular complexity index is 495. The smallest absolute Gasteiger partial charge is 0.423 e. The van der Waals surface area contributed by atoms with E-state index >= 15 is 0 Å². The highest BCUT2D eigenvalue weighted by molar-refractivity contribution is 6.58. The molecule has 2 heterocycles. The third-order valence-corrected chi connectivity index (χ3v) is 1.99. The summed E-state index contributed by atoms with van der Waals surface area (Å²) in [5, 5.41) is 17.6. The van der Waals surface area contributed by atoms with Crippen LogP contribution in [-0.2, 0) is 0 Å². The fraction of sp³-hybridized carbons (Fsp3) is 0. The maximum absolute atomic E-state index is 13.4. The van der Waals surface area contributed by atoms with Gasteiger partial charge in [0, 0.05) is 30.1 Å². The van der Waals surface area contributed by atoms with Crippen LogP contribution in [-0.4, -0.2) is 32.1 Å². The number of hydrogen-bond acceptors (Lipinski definition) is 5. The van der Waals surface area contributed by atoms with Gasteiger partial charge in [0.05, 0.1) is 11.9 Å². The van der Waals surface area contributed by atoms with Gasteiger partial charge < -0.3 is 10.0 Å². The molecule has 2 N–H and O–H groups in total. The Hall–Kier alpha value is -1.86. The van der Waals surface area contributed by atoms with Gasteiger partial charge in [-0.2, -0.15) is 0 Å². The van der Waals surface area contributed by atoms with E-state index in [4.69, 9.17) is 10.0 Å². The molecule has 0 amide bonds. The molecule has 0 aromatic carbocycles.